The van der Waals surface area contributed by atoms with Crippen molar-refractivity contribution in [2.45, 2.75) is 57.7 Å². The zero-order valence-electron chi connectivity index (χ0n) is 19.0. The third kappa shape index (κ3) is 5.85. The Bertz CT molecular complexity index is 1060. The number of benzene rings is 1. The Morgan fingerprint density at radius 1 is 1.14 bits per heavy atom. The van der Waals surface area contributed by atoms with Gasteiger partial charge in [-0.05, 0) is 54.8 Å². The summed E-state index contributed by atoms with van der Waals surface area (Å²) in [6, 6.07) is 0.687. The molecule has 35 heavy (non-hydrogen) atoms. The highest BCUT2D eigenvalue weighted by Crippen LogP contribution is 2.39. The molecular formula is C23H25F4N3O4S. The predicted molar refractivity (Wildman–Crippen MR) is 121 cm³/mol. The summed E-state index contributed by atoms with van der Waals surface area (Å²) in [6.45, 7) is 1.95. The SMILES string of the molecule is CCCCCC(C(N)=O)N1C(=O)SC(=C2CCN(C(=O)c3cc(F)ccc3C(F)(F)F)CC2)C1=O. The molecule has 1 aromatic carbocycles. The number of hydrogen-bond acceptors (Lipinski definition) is 5. The summed E-state index contributed by atoms with van der Waals surface area (Å²) < 4.78 is 53.5. The van der Waals surface area contributed by atoms with Gasteiger partial charge in [-0.25, -0.2) is 4.39 Å². The quantitative estimate of drug-likeness (QED) is 0.328. The fraction of sp³-hybridized carbons (Fsp3) is 0.478. The Morgan fingerprint density at radius 2 is 1.80 bits per heavy atom. The predicted octanol–water partition coefficient (Wildman–Crippen LogP) is 4.46. The number of halogens is 4. The first-order chi connectivity index (χ1) is 16.5. The number of rotatable bonds is 7. The molecule has 2 saturated heterocycles. The number of nitrogens with two attached hydrogens (primary N) is 1. The topological polar surface area (TPSA) is 101 Å². The molecule has 12 heteroatoms. The van der Waals surface area contributed by atoms with Crippen molar-refractivity contribution in [2.24, 2.45) is 5.73 Å². The Kier molecular flexibility index (Phi) is 8.24. The molecular weight excluding hydrogens is 490 g/mol. The van der Waals surface area contributed by atoms with Crippen LogP contribution >= 0.6 is 11.8 Å². The van der Waals surface area contributed by atoms with E-state index in [-0.39, 0.29) is 37.3 Å². The average Bonchev–Trinajstić information content (AvgIpc) is 3.09. The maximum Gasteiger partial charge on any atom is 0.417 e. The highest BCUT2D eigenvalue weighted by molar-refractivity contribution is 8.18. The first kappa shape index (κ1) is 26.7. The molecule has 0 bridgehead atoms. The van der Waals surface area contributed by atoms with Crippen molar-refractivity contribution in [3.8, 4) is 0 Å². The molecule has 0 saturated carbocycles. The largest absolute Gasteiger partial charge is 0.417 e. The van der Waals surface area contributed by atoms with E-state index < -0.39 is 52.1 Å². The van der Waals surface area contributed by atoms with Crippen LogP contribution in [0.25, 0.3) is 0 Å². The minimum absolute atomic E-state index is 0.0107. The van der Waals surface area contributed by atoms with Crippen molar-refractivity contribution >= 4 is 34.7 Å². The third-order valence-electron chi connectivity index (χ3n) is 6.01. The van der Waals surface area contributed by atoms with Crippen molar-refractivity contribution in [1.29, 1.82) is 0 Å². The van der Waals surface area contributed by atoms with E-state index in [1.54, 1.807) is 0 Å². The Morgan fingerprint density at radius 3 is 2.37 bits per heavy atom. The van der Waals surface area contributed by atoms with Gasteiger partial charge in [-0.3, -0.25) is 24.1 Å². The number of likely N-dealkylation sites (tertiary alicyclic amines) is 1. The minimum atomic E-state index is -4.83. The lowest BCUT2D eigenvalue weighted by atomic mass is 10.00. The highest BCUT2D eigenvalue weighted by atomic mass is 32.2. The molecule has 2 heterocycles. The lowest BCUT2D eigenvalue weighted by molar-refractivity contribution is -0.138. The molecule has 1 atom stereocenters. The number of thioether (sulfide) groups is 1. The summed E-state index contributed by atoms with van der Waals surface area (Å²) in [4.78, 5) is 52.4. The molecule has 2 aliphatic heterocycles. The first-order valence-corrected chi connectivity index (χ1v) is 12.0. The number of nitrogens with zero attached hydrogens (tertiary/aromatic N) is 2. The van der Waals surface area contributed by atoms with E-state index in [0.717, 1.165) is 22.6 Å². The van der Waals surface area contributed by atoms with Gasteiger partial charge in [0.15, 0.2) is 0 Å². The number of alkyl halides is 3. The van der Waals surface area contributed by atoms with Gasteiger partial charge in [-0.15, -0.1) is 0 Å². The van der Waals surface area contributed by atoms with Crippen LogP contribution in [0.2, 0.25) is 0 Å². The molecule has 0 spiro atoms. The van der Waals surface area contributed by atoms with Crippen LogP contribution in [0.4, 0.5) is 22.4 Å². The number of amides is 4. The number of hydrogen-bond donors (Lipinski definition) is 1. The summed E-state index contributed by atoms with van der Waals surface area (Å²) in [5.74, 6) is -3.32. The molecule has 0 radical (unpaired) electrons. The lowest BCUT2D eigenvalue weighted by Gasteiger charge is -2.30. The van der Waals surface area contributed by atoms with Gasteiger partial charge in [0.05, 0.1) is 16.0 Å². The normalized spacial score (nSPS) is 17.9. The number of piperidine rings is 1. The minimum Gasteiger partial charge on any atom is -0.368 e. The molecule has 2 aliphatic rings. The Labute approximate surface area is 203 Å². The average molecular weight is 516 g/mol. The second kappa shape index (κ2) is 10.8. The van der Waals surface area contributed by atoms with Gasteiger partial charge in [-0.1, -0.05) is 26.2 Å². The van der Waals surface area contributed by atoms with E-state index in [9.17, 15) is 36.7 Å². The van der Waals surface area contributed by atoms with E-state index in [1.807, 2.05) is 6.92 Å². The summed E-state index contributed by atoms with van der Waals surface area (Å²) >= 11 is 0.695. The van der Waals surface area contributed by atoms with Crippen LogP contribution < -0.4 is 5.73 Å². The number of imide groups is 1. The summed E-state index contributed by atoms with van der Waals surface area (Å²) in [7, 11) is 0. The standard InChI is InChI=1S/C23H25F4N3O4S/c1-2-3-4-5-17(19(28)31)30-21(33)18(35-22(30)34)13-8-10-29(11-9-13)20(32)15-12-14(24)6-7-16(15)23(25,26)27/h6-7,12,17H,2-5,8-11H2,1H3,(H2,28,31). The monoisotopic (exact) mass is 515 g/mol. The molecule has 3 rings (SSSR count). The number of carbonyl (C=O) groups is 4. The van der Waals surface area contributed by atoms with Crippen LogP contribution in [0, 0.1) is 5.82 Å². The molecule has 7 nitrogen and oxygen atoms in total. The van der Waals surface area contributed by atoms with Crippen molar-refractivity contribution in [3.05, 3.63) is 45.6 Å². The molecule has 0 aromatic heterocycles. The fourth-order valence-electron chi connectivity index (χ4n) is 4.17. The zero-order chi connectivity index (χ0) is 25.9. The van der Waals surface area contributed by atoms with Crippen LogP contribution in [0.3, 0.4) is 0 Å². The van der Waals surface area contributed by atoms with Crippen LogP contribution in [-0.2, 0) is 15.8 Å². The Hall–Kier alpha value is -2.89. The molecule has 1 unspecified atom stereocenters. The van der Waals surface area contributed by atoms with Crippen LogP contribution in [0.1, 0.15) is 61.4 Å². The zero-order valence-corrected chi connectivity index (χ0v) is 19.8. The van der Waals surface area contributed by atoms with E-state index in [1.165, 1.54) is 0 Å². The van der Waals surface area contributed by atoms with Gasteiger partial charge in [0.25, 0.3) is 17.1 Å². The summed E-state index contributed by atoms with van der Waals surface area (Å²) in [6.07, 6.45) is -1.95. The van der Waals surface area contributed by atoms with Crippen LogP contribution in [-0.4, -0.2) is 51.9 Å². The van der Waals surface area contributed by atoms with E-state index in [0.29, 0.717) is 42.0 Å². The maximum atomic E-state index is 13.6. The number of primary amides is 1. The van der Waals surface area contributed by atoms with Crippen molar-refractivity contribution in [1.82, 2.24) is 9.80 Å². The molecule has 0 aliphatic carbocycles. The van der Waals surface area contributed by atoms with Gasteiger partial charge in [0.2, 0.25) is 5.91 Å². The second-order valence-corrected chi connectivity index (χ2v) is 9.33. The summed E-state index contributed by atoms with van der Waals surface area (Å²) in [5, 5.41) is -0.606. The molecule has 2 fully saturated rings. The molecule has 4 amide bonds. The van der Waals surface area contributed by atoms with Gasteiger partial charge in [0, 0.05) is 13.1 Å². The van der Waals surface area contributed by atoms with Gasteiger partial charge in [-0.2, -0.15) is 13.2 Å². The van der Waals surface area contributed by atoms with Crippen LogP contribution in [0.15, 0.2) is 28.7 Å². The van der Waals surface area contributed by atoms with Crippen molar-refractivity contribution < 1.29 is 36.7 Å². The van der Waals surface area contributed by atoms with Gasteiger partial charge < -0.3 is 10.6 Å². The molecule has 1 aromatic rings. The first-order valence-electron chi connectivity index (χ1n) is 11.2. The highest BCUT2D eigenvalue weighted by Gasteiger charge is 2.44. The van der Waals surface area contributed by atoms with Gasteiger partial charge >= 0.3 is 6.18 Å². The number of unbranched alkanes of at least 4 members (excludes halogenated alkanes) is 2. The van der Waals surface area contributed by atoms with E-state index in [2.05, 4.69) is 0 Å². The lowest BCUT2D eigenvalue weighted by Crippen LogP contribution is -2.47. The molecule has 2 N–H and O–H groups in total. The fourth-order valence-corrected chi connectivity index (χ4v) is 5.19. The third-order valence-corrected chi connectivity index (χ3v) is 7.05. The molecule has 190 valence electrons. The van der Waals surface area contributed by atoms with Crippen molar-refractivity contribution in [3.63, 3.8) is 0 Å². The summed E-state index contributed by atoms with van der Waals surface area (Å²) in [5.41, 5.74) is 4.02. The van der Waals surface area contributed by atoms with Gasteiger partial charge in [0.1, 0.15) is 11.9 Å². The Balaban J connectivity index is 1.75. The van der Waals surface area contributed by atoms with E-state index >= 15 is 0 Å². The van der Waals surface area contributed by atoms with E-state index in [4.69, 9.17) is 5.73 Å². The van der Waals surface area contributed by atoms with Crippen LogP contribution in [0.5, 0.6) is 0 Å². The second-order valence-electron chi connectivity index (χ2n) is 8.37. The smallest absolute Gasteiger partial charge is 0.368 e. The van der Waals surface area contributed by atoms with Crippen molar-refractivity contribution in [2.75, 3.05) is 13.1 Å². The maximum absolute atomic E-state index is 13.6. The number of carbonyl (C=O) groups excluding carboxylic acids is 4.